The van der Waals surface area contributed by atoms with Gasteiger partial charge < -0.3 is 9.80 Å². The Morgan fingerprint density at radius 1 is 1.00 bits per heavy atom. The molecular weight excluding hydrogens is 300 g/mol. The molecule has 4 heteroatoms. The zero-order chi connectivity index (χ0) is 17.3. The molecule has 0 saturated carbocycles. The van der Waals surface area contributed by atoms with Gasteiger partial charge in [-0.15, -0.1) is 0 Å². The molecule has 0 bridgehead atoms. The van der Waals surface area contributed by atoms with Crippen LogP contribution >= 0.6 is 0 Å². The van der Waals surface area contributed by atoms with Gasteiger partial charge in [0.25, 0.3) is 5.91 Å². The van der Waals surface area contributed by atoms with Crippen molar-refractivity contribution in [1.82, 2.24) is 4.90 Å². The maximum Gasteiger partial charge on any atom is 0.257 e. The van der Waals surface area contributed by atoms with E-state index in [1.54, 1.807) is 22.9 Å². The monoisotopic (exact) mass is 322 g/mol. The molecule has 24 heavy (non-hydrogen) atoms. The Bertz CT molecular complexity index is 757. The van der Waals surface area contributed by atoms with Gasteiger partial charge in [0.15, 0.2) is 0 Å². The van der Waals surface area contributed by atoms with Gasteiger partial charge in [0.2, 0.25) is 5.91 Å². The normalized spacial score (nSPS) is 19.0. The molecule has 0 aliphatic carbocycles. The predicted molar refractivity (Wildman–Crippen MR) is 95.0 cm³/mol. The molecule has 3 rings (SSSR count). The van der Waals surface area contributed by atoms with Crippen molar-refractivity contribution < 1.29 is 9.59 Å². The van der Waals surface area contributed by atoms with E-state index in [1.165, 1.54) is 0 Å². The van der Waals surface area contributed by atoms with Crippen molar-refractivity contribution in [3.05, 3.63) is 65.7 Å². The predicted octanol–water partition coefficient (Wildman–Crippen LogP) is 3.65. The first-order chi connectivity index (χ1) is 11.6. The lowest BCUT2D eigenvalue weighted by atomic mass is 10.0. The van der Waals surface area contributed by atoms with Gasteiger partial charge in [0.1, 0.15) is 6.04 Å². The van der Waals surface area contributed by atoms with Crippen molar-refractivity contribution >= 4 is 17.5 Å². The number of rotatable bonds is 3. The maximum absolute atomic E-state index is 13.3. The summed E-state index contributed by atoms with van der Waals surface area (Å²) in [7, 11) is 1.74. The zero-order valence-corrected chi connectivity index (χ0v) is 14.3. The minimum absolute atomic E-state index is 0.0430. The molecule has 1 heterocycles. The summed E-state index contributed by atoms with van der Waals surface area (Å²) in [5, 5.41) is 0. The van der Waals surface area contributed by atoms with E-state index in [4.69, 9.17) is 0 Å². The molecule has 2 amide bonds. The van der Waals surface area contributed by atoms with Crippen LogP contribution in [0.5, 0.6) is 0 Å². The first kappa shape index (κ1) is 16.2. The number of hydrogen-bond acceptors (Lipinski definition) is 2. The van der Waals surface area contributed by atoms with Gasteiger partial charge in [-0.2, -0.15) is 0 Å². The summed E-state index contributed by atoms with van der Waals surface area (Å²) in [5.74, 6) is -0.134. The van der Waals surface area contributed by atoms with Crippen LogP contribution in [0.4, 0.5) is 5.69 Å². The molecule has 2 atom stereocenters. The number of carbonyl (C=O) groups excluding carboxylic acids is 2. The van der Waals surface area contributed by atoms with Crippen molar-refractivity contribution in [2.45, 2.75) is 32.4 Å². The van der Waals surface area contributed by atoms with Crippen molar-refractivity contribution in [2.24, 2.45) is 0 Å². The van der Waals surface area contributed by atoms with Gasteiger partial charge in [-0.25, -0.2) is 0 Å². The molecule has 0 spiro atoms. The Hall–Kier alpha value is -2.62. The van der Waals surface area contributed by atoms with Crippen LogP contribution < -0.4 is 4.90 Å². The van der Waals surface area contributed by atoms with Crippen molar-refractivity contribution in [3.63, 3.8) is 0 Å². The highest BCUT2D eigenvalue weighted by molar-refractivity contribution is 6.10. The summed E-state index contributed by atoms with van der Waals surface area (Å²) in [6.45, 7) is 3.93. The minimum Gasteiger partial charge on any atom is -0.320 e. The molecule has 0 aromatic heterocycles. The van der Waals surface area contributed by atoms with E-state index in [0.29, 0.717) is 17.7 Å². The number of likely N-dealkylation sites (N-methyl/N-ethyl adjacent to an activating group) is 1. The van der Waals surface area contributed by atoms with E-state index < -0.39 is 6.04 Å². The van der Waals surface area contributed by atoms with Crippen molar-refractivity contribution in [2.75, 3.05) is 11.9 Å². The van der Waals surface area contributed by atoms with E-state index in [1.807, 2.05) is 62.4 Å². The molecule has 0 N–H and O–H groups in total. The SMILES string of the molecule is CC[C@H]1C(=O)N(C)c2ccccc2C(=O)N1[C@@H](C)c1ccccc1. The van der Waals surface area contributed by atoms with Crippen LogP contribution in [-0.2, 0) is 4.79 Å². The standard InChI is InChI=1S/C20H22N2O2/c1-4-17-20(24)21(3)18-13-9-8-12-16(18)19(23)22(17)14(2)15-10-6-5-7-11-15/h5-14,17H,4H2,1-3H3/t14-,17-/m0/s1. The van der Waals surface area contributed by atoms with Crippen molar-refractivity contribution in [1.29, 1.82) is 0 Å². The fourth-order valence-electron chi connectivity index (χ4n) is 3.40. The van der Waals surface area contributed by atoms with Crippen LogP contribution in [0.25, 0.3) is 0 Å². The highest BCUT2D eigenvalue weighted by Crippen LogP contribution is 2.33. The smallest absolute Gasteiger partial charge is 0.257 e. The number of nitrogens with zero attached hydrogens (tertiary/aromatic N) is 2. The Kier molecular flexibility index (Phi) is 4.38. The summed E-state index contributed by atoms with van der Waals surface area (Å²) in [6.07, 6.45) is 0.583. The molecule has 1 aliphatic rings. The largest absolute Gasteiger partial charge is 0.320 e. The molecule has 4 nitrogen and oxygen atoms in total. The number of amides is 2. The third-order valence-corrected chi connectivity index (χ3v) is 4.77. The van der Waals surface area contributed by atoms with Crippen molar-refractivity contribution in [3.8, 4) is 0 Å². The zero-order valence-electron chi connectivity index (χ0n) is 14.3. The number of carbonyl (C=O) groups is 2. The average molecular weight is 322 g/mol. The summed E-state index contributed by atoms with van der Waals surface area (Å²) in [5.41, 5.74) is 2.28. The van der Waals surface area contributed by atoms with Gasteiger partial charge in [-0.3, -0.25) is 9.59 Å². The number of para-hydroxylation sites is 1. The lowest BCUT2D eigenvalue weighted by Gasteiger charge is -2.34. The molecule has 1 aliphatic heterocycles. The van der Waals surface area contributed by atoms with Crippen LogP contribution in [0, 0.1) is 0 Å². The Labute approximate surface area is 142 Å². The molecule has 0 radical (unpaired) electrons. The topological polar surface area (TPSA) is 40.6 Å². The Morgan fingerprint density at radius 3 is 2.29 bits per heavy atom. The van der Waals surface area contributed by atoms with Crippen LogP contribution in [0.2, 0.25) is 0 Å². The molecule has 0 unspecified atom stereocenters. The first-order valence-electron chi connectivity index (χ1n) is 8.30. The van der Waals surface area contributed by atoms with Gasteiger partial charge in [0, 0.05) is 7.05 Å². The highest BCUT2D eigenvalue weighted by atomic mass is 16.2. The van der Waals surface area contributed by atoms with Crippen LogP contribution in [0.1, 0.15) is 42.2 Å². The number of hydrogen-bond donors (Lipinski definition) is 0. The lowest BCUT2D eigenvalue weighted by molar-refractivity contribution is -0.123. The molecule has 0 saturated heterocycles. The van der Waals surface area contributed by atoms with Gasteiger partial charge in [-0.05, 0) is 31.0 Å². The van der Waals surface area contributed by atoms with Gasteiger partial charge in [-0.1, -0.05) is 49.4 Å². The molecular formula is C20H22N2O2. The summed E-state index contributed by atoms with van der Waals surface area (Å²) < 4.78 is 0. The third-order valence-electron chi connectivity index (χ3n) is 4.77. The molecule has 2 aromatic carbocycles. The quantitative estimate of drug-likeness (QED) is 0.865. The first-order valence-corrected chi connectivity index (χ1v) is 8.30. The van der Waals surface area contributed by atoms with Gasteiger partial charge >= 0.3 is 0 Å². The maximum atomic E-state index is 13.3. The molecule has 0 fully saturated rings. The van der Waals surface area contributed by atoms with Crippen LogP contribution in [0.3, 0.4) is 0 Å². The van der Waals surface area contributed by atoms with Crippen LogP contribution in [-0.4, -0.2) is 29.8 Å². The van der Waals surface area contributed by atoms with E-state index in [9.17, 15) is 9.59 Å². The summed E-state index contributed by atoms with van der Waals surface area (Å²) in [4.78, 5) is 29.6. The van der Waals surface area contributed by atoms with Gasteiger partial charge in [0.05, 0.1) is 17.3 Å². The molecule has 2 aromatic rings. The minimum atomic E-state index is -0.467. The molecule has 124 valence electrons. The second-order valence-corrected chi connectivity index (χ2v) is 6.14. The third kappa shape index (κ3) is 2.58. The lowest BCUT2D eigenvalue weighted by Crippen LogP contribution is -2.48. The highest BCUT2D eigenvalue weighted by Gasteiger charge is 2.39. The van der Waals surface area contributed by atoms with E-state index >= 15 is 0 Å². The fraction of sp³-hybridized carbons (Fsp3) is 0.300. The second kappa shape index (κ2) is 6.48. The summed E-state index contributed by atoms with van der Waals surface area (Å²) >= 11 is 0. The Balaban J connectivity index is 2.13. The van der Waals surface area contributed by atoms with E-state index in [0.717, 1.165) is 5.56 Å². The van der Waals surface area contributed by atoms with Crippen LogP contribution in [0.15, 0.2) is 54.6 Å². The van der Waals surface area contributed by atoms with E-state index in [2.05, 4.69) is 0 Å². The number of fused-ring (bicyclic) bond motifs is 1. The fourth-order valence-corrected chi connectivity index (χ4v) is 3.40. The number of benzene rings is 2. The van der Waals surface area contributed by atoms with E-state index in [-0.39, 0.29) is 17.9 Å². The Morgan fingerprint density at radius 2 is 1.62 bits per heavy atom. The second-order valence-electron chi connectivity index (χ2n) is 6.14. The number of anilines is 1. The average Bonchev–Trinajstić information content (AvgIpc) is 2.71. The summed E-state index contributed by atoms with van der Waals surface area (Å²) in [6, 6.07) is 16.5.